The molecule has 1 rings (SSSR count). The van der Waals surface area contributed by atoms with Gasteiger partial charge in [-0.05, 0) is 11.8 Å². The Bertz CT molecular complexity index is 227. The van der Waals surface area contributed by atoms with E-state index in [1.54, 1.807) is 18.0 Å². The van der Waals surface area contributed by atoms with Crippen molar-refractivity contribution < 1.29 is 0 Å². The summed E-state index contributed by atoms with van der Waals surface area (Å²) in [5, 5.41) is 3.79. The third-order valence-corrected chi connectivity index (χ3v) is 1.91. The van der Waals surface area contributed by atoms with Crippen molar-refractivity contribution in [3.63, 3.8) is 0 Å². The Morgan fingerprint density at radius 2 is 2.45 bits per heavy atom. The maximum Gasteiger partial charge on any atom is 0.189 e. The van der Waals surface area contributed by atoms with Crippen molar-refractivity contribution in [2.45, 2.75) is 12.1 Å². The predicted molar refractivity (Wildman–Crippen MR) is 48.0 cm³/mol. The monoisotopic (exact) mass is 169 g/mol. The lowest BCUT2D eigenvalue weighted by Crippen LogP contribution is -1.94. The number of rotatable bonds is 3. The second-order valence-electron chi connectivity index (χ2n) is 1.91. The van der Waals surface area contributed by atoms with Gasteiger partial charge in [0, 0.05) is 13.2 Å². The first kappa shape index (κ1) is 8.33. The van der Waals surface area contributed by atoms with Crippen LogP contribution in [0.1, 0.15) is 6.92 Å². The molecule has 0 atom stereocenters. The molecule has 0 aromatic carbocycles. The van der Waals surface area contributed by atoms with Gasteiger partial charge < -0.3 is 5.32 Å². The number of anilines is 1. The Kier molecular flexibility index (Phi) is 3.16. The number of nitrogens with one attached hydrogen (secondary N) is 1. The molecule has 1 N–H and O–H groups in total. The summed E-state index contributed by atoms with van der Waals surface area (Å²) in [5.41, 5.74) is 0. The summed E-state index contributed by atoms with van der Waals surface area (Å²) in [5.74, 6) is 1.88. The van der Waals surface area contributed by atoms with Gasteiger partial charge >= 0.3 is 0 Å². The van der Waals surface area contributed by atoms with Gasteiger partial charge in [0.15, 0.2) is 5.16 Å². The van der Waals surface area contributed by atoms with Crippen molar-refractivity contribution in [2.24, 2.45) is 0 Å². The van der Waals surface area contributed by atoms with Crippen LogP contribution >= 0.6 is 11.8 Å². The van der Waals surface area contributed by atoms with Gasteiger partial charge in [-0.25, -0.2) is 9.97 Å². The quantitative estimate of drug-likeness (QED) is 0.551. The summed E-state index contributed by atoms with van der Waals surface area (Å²) in [6.07, 6.45) is 1.76. The molecular weight excluding hydrogens is 158 g/mol. The molecule has 3 nitrogen and oxygen atoms in total. The molecule has 0 saturated heterocycles. The second kappa shape index (κ2) is 4.18. The molecule has 0 aliphatic carbocycles. The number of thioether (sulfide) groups is 1. The molecule has 1 aromatic rings. The zero-order valence-corrected chi connectivity index (χ0v) is 7.48. The molecule has 4 heteroatoms. The molecule has 0 radical (unpaired) electrons. The summed E-state index contributed by atoms with van der Waals surface area (Å²) in [7, 11) is 1.85. The summed E-state index contributed by atoms with van der Waals surface area (Å²) in [4.78, 5) is 8.31. The highest BCUT2D eigenvalue weighted by atomic mass is 32.2. The Labute approximate surface area is 70.6 Å². The molecule has 0 amide bonds. The van der Waals surface area contributed by atoms with Crippen LogP contribution in [0.15, 0.2) is 17.4 Å². The third kappa shape index (κ3) is 2.38. The minimum Gasteiger partial charge on any atom is -0.373 e. The number of aromatic nitrogens is 2. The van der Waals surface area contributed by atoms with Crippen molar-refractivity contribution >= 4 is 17.6 Å². The van der Waals surface area contributed by atoms with E-state index in [9.17, 15) is 0 Å². The van der Waals surface area contributed by atoms with Crippen LogP contribution in [0.2, 0.25) is 0 Å². The lowest BCUT2D eigenvalue weighted by Gasteiger charge is -1.99. The van der Waals surface area contributed by atoms with Crippen molar-refractivity contribution in [3.05, 3.63) is 12.3 Å². The zero-order valence-electron chi connectivity index (χ0n) is 6.66. The van der Waals surface area contributed by atoms with Crippen LogP contribution in [0.3, 0.4) is 0 Å². The lowest BCUT2D eigenvalue weighted by molar-refractivity contribution is 0.969. The Hall–Kier alpha value is -0.770. The molecule has 60 valence electrons. The summed E-state index contributed by atoms with van der Waals surface area (Å²) >= 11 is 1.64. The number of hydrogen-bond acceptors (Lipinski definition) is 4. The molecule has 0 aliphatic heterocycles. The fraction of sp³-hybridized carbons (Fsp3) is 0.429. The van der Waals surface area contributed by atoms with Gasteiger partial charge in [0.25, 0.3) is 0 Å². The van der Waals surface area contributed by atoms with Crippen LogP contribution < -0.4 is 5.32 Å². The standard InChI is InChI=1S/C7H11N3S/c1-3-11-7-9-5-4-6(8-2)10-7/h4-5H,3H2,1-2H3,(H,8,9,10). The zero-order chi connectivity index (χ0) is 8.10. The molecule has 0 aliphatic rings. The summed E-state index contributed by atoms with van der Waals surface area (Å²) in [6, 6.07) is 1.85. The van der Waals surface area contributed by atoms with E-state index in [0.29, 0.717) is 0 Å². The van der Waals surface area contributed by atoms with Gasteiger partial charge in [0.1, 0.15) is 5.82 Å². The average molecular weight is 169 g/mol. The van der Waals surface area contributed by atoms with E-state index in [4.69, 9.17) is 0 Å². The minimum absolute atomic E-state index is 0.833. The maximum atomic E-state index is 4.22. The van der Waals surface area contributed by atoms with Gasteiger partial charge in [-0.3, -0.25) is 0 Å². The Balaban J connectivity index is 2.74. The highest BCUT2D eigenvalue weighted by Gasteiger charge is 1.95. The van der Waals surface area contributed by atoms with Crippen LogP contribution in [0, 0.1) is 0 Å². The first-order chi connectivity index (χ1) is 5.36. The number of hydrogen-bond donors (Lipinski definition) is 1. The minimum atomic E-state index is 0.833. The van der Waals surface area contributed by atoms with Crippen molar-refractivity contribution in [1.29, 1.82) is 0 Å². The van der Waals surface area contributed by atoms with E-state index in [1.807, 2.05) is 13.1 Å². The lowest BCUT2D eigenvalue weighted by atomic mass is 10.6. The van der Waals surface area contributed by atoms with Gasteiger partial charge in [-0.2, -0.15) is 0 Å². The summed E-state index contributed by atoms with van der Waals surface area (Å²) < 4.78 is 0. The highest BCUT2D eigenvalue weighted by Crippen LogP contribution is 2.12. The van der Waals surface area contributed by atoms with E-state index in [2.05, 4.69) is 22.2 Å². The fourth-order valence-corrected chi connectivity index (χ4v) is 1.24. The van der Waals surface area contributed by atoms with E-state index in [-0.39, 0.29) is 0 Å². The van der Waals surface area contributed by atoms with Gasteiger partial charge in [-0.1, -0.05) is 18.7 Å². The van der Waals surface area contributed by atoms with Gasteiger partial charge in [-0.15, -0.1) is 0 Å². The first-order valence-corrected chi connectivity index (χ1v) is 4.49. The molecule has 0 fully saturated rings. The molecule has 0 saturated carbocycles. The topological polar surface area (TPSA) is 37.8 Å². The Morgan fingerprint density at radius 1 is 1.64 bits per heavy atom. The molecule has 0 unspecified atom stereocenters. The molecular formula is C7H11N3S. The van der Waals surface area contributed by atoms with E-state index in [0.717, 1.165) is 16.7 Å². The van der Waals surface area contributed by atoms with Crippen molar-refractivity contribution in [2.75, 3.05) is 18.1 Å². The normalized spacial score (nSPS) is 9.64. The van der Waals surface area contributed by atoms with Crippen molar-refractivity contribution in [3.8, 4) is 0 Å². The van der Waals surface area contributed by atoms with Crippen LogP contribution in [0.4, 0.5) is 5.82 Å². The van der Waals surface area contributed by atoms with Gasteiger partial charge in [0.05, 0.1) is 0 Å². The number of nitrogens with zero attached hydrogens (tertiary/aromatic N) is 2. The smallest absolute Gasteiger partial charge is 0.189 e. The van der Waals surface area contributed by atoms with Crippen LogP contribution in [-0.4, -0.2) is 22.8 Å². The molecule has 0 bridgehead atoms. The predicted octanol–water partition coefficient (Wildman–Crippen LogP) is 1.63. The average Bonchev–Trinajstić information content (AvgIpc) is 2.06. The van der Waals surface area contributed by atoms with Crippen LogP contribution in [0.5, 0.6) is 0 Å². The van der Waals surface area contributed by atoms with Gasteiger partial charge in [0.2, 0.25) is 0 Å². The second-order valence-corrected chi connectivity index (χ2v) is 3.14. The molecule has 11 heavy (non-hydrogen) atoms. The van der Waals surface area contributed by atoms with E-state index in [1.165, 1.54) is 0 Å². The van der Waals surface area contributed by atoms with E-state index < -0.39 is 0 Å². The fourth-order valence-electron chi connectivity index (χ4n) is 0.679. The van der Waals surface area contributed by atoms with Crippen LogP contribution in [-0.2, 0) is 0 Å². The Morgan fingerprint density at radius 3 is 3.09 bits per heavy atom. The first-order valence-electron chi connectivity index (χ1n) is 3.50. The largest absolute Gasteiger partial charge is 0.373 e. The van der Waals surface area contributed by atoms with E-state index >= 15 is 0 Å². The SMILES string of the molecule is CCSc1nccc(NC)n1. The van der Waals surface area contributed by atoms with Crippen LogP contribution in [0.25, 0.3) is 0 Å². The summed E-state index contributed by atoms with van der Waals surface area (Å²) in [6.45, 7) is 2.08. The maximum absolute atomic E-state index is 4.22. The highest BCUT2D eigenvalue weighted by molar-refractivity contribution is 7.99. The van der Waals surface area contributed by atoms with Crippen molar-refractivity contribution in [1.82, 2.24) is 9.97 Å². The third-order valence-electron chi connectivity index (χ3n) is 1.16. The molecule has 1 aromatic heterocycles. The molecule has 0 spiro atoms. The molecule has 1 heterocycles.